The van der Waals surface area contributed by atoms with Gasteiger partial charge < -0.3 is 5.32 Å². The zero-order chi connectivity index (χ0) is 7.28. The van der Waals surface area contributed by atoms with Crippen LogP contribution < -0.4 is 5.32 Å². The predicted octanol–water partition coefficient (Wildman–Crippen LogP) is -1.07. The van der Waals surface area contributed by atoms with Crippen LogP contribution >= 0.6 is 0 Å². The number of amides is 2. The van der Waals surface area contributed by atoms with Crippen LogP contribution in [0.4, 0.5) is 0 Å². The smallest absolute Gasteiger partial charge is 0.244 e. The average Bonchev–Trinajstić information content (AvgIpc) is 1.82. The molecule has 0 fully saturated rings. The zero-order valence-corrected chi connectivity index (χ0v) is 5.00. The molecule has 0 heterocycles. The Morgan fingerprint density at radius 2 is 2.44 bits per heavy atom. The topological polar surface area (TPSA) is 69.6 Å². The maximum absolute atomic E-state index is 10.2. The van der Waals surface area contributed by atoms with Crippen LogP contribution in [0.5, 0.6) is 0 Å². The van der Waals surface area contributed by atoms with Gasteiger partial charge in [0.1, 0.15) is 6.67 Å². The highest BCUT2D eigenvalue weighted by Gasteiger charge is 2.00. The first-order valence-corrected chi connectivity index (χ1v) is 2.32. The third-order valence-corrected chi connectivity index (χ3v) is 0.688. The average molecular weight is 132 g/mol. The van der Waals surface area contributed by atoms with E-state index in [0.717, 1.165) is 0 Å². The van der Waals surface area contributed by atoms with Crippen molar-refractivity contribution in [2.45, 2.75) is 6.92 Å². The normalized spacial score (nSPS) is 8.22. The van der Waals surface area contributed by atoms with Crippen molar-refractivity contribution in [1.82, 2.24) is 10.4 Å². The summed E-state index contributed by atoms with van der Waals surface area (Å²) in [4.78, 5) is 19.7. The van der Waals surface area contributed by atoms with Gasteiger partial charge in [-0.2, -0.15) is 0 Å². The summed E-state index contributed by atoms with van der Waals surface area (Å²) in [6.07, 6.45) is 0.395. The number of nitrogens with one attached hydrogen (secondary N) is 1. The van der Waals surface area contributed by atoms with Crippen molar-refractivity contribution in [3.63, 3.8) is 0 Å². The maximum atomic E-state index is 10.2. The van der Waals surface area contributed by atoms with Crippen molar-refractivity contribution < 1.29 is 14.8 Å². The van der Waals surface area contributed by atoms with Gasteiger partial charge in [-0.1, -0.05) is 0 Å². The highest BCUT2D eigenvalue weighted by atomic mass is 16.5. The van der Waals surface area contributed by atoms with Crippen LogP contribution in [0.3, 0.4) is 0 Å². The molecule has 0 aliphatic heterocycles. The van der Waals surface area contributed by atoms with Crippen molar-refractivity contribution in [2.75, 3.05) is 6.67 Å². The minimum atomic E-state index is -0.510. The van der Waals surface area contributed by atoms with Crippen LogP contribution in [0.2, 0.25) is 0 Å². The fourth-order valence-corrected chi connectivity index (χ4v) is 0.235. The fourth-order valence-electron chi connectivity index (χ4n) is 0.235. The number of nitrogens with zero attached hydrogens (tertiary/aromatic N) is 1. The summed E-state index contributed by atoms with van der Waals surface area (Å²) in [5.74, 6) is -0.510. The second-order valence-corrected chi connectivity index (χ2v) is 1.40. The van der Waals surface area contributed by atoms with E-state index in [1.54, 1.807) is 0 Å². The van der Waals surface area contributed by atoms with Gasteiger partial charge >= 0.3 is 0 Å². The Bertz CT molecular complexity index is 114. The van der Waals surface area contributed by atoms with Crippen molar-refractivity contribution in [2.24, 2.45) is 0 Å². The number of hydrogen-bond acceptors (Lipinski definition) is 3. The summed E-state index contributed by atoms with van der Waals surface area (Å²) in [6, 6.07) is 0. The largest absolute Gasteiger partial charge is 0.339 e. The number of rotatable bonds is 3. The van der Waals surface area contributed by atoms with Gasteiger partial charge in [0.2, 0.25) is 12.3 Å². The van der Waals surface area contributed by atoms with Gasteiger partial charge in [0.15, 0.2) is 0 Å². The molecule has 0 radical (unpaired) electrons. The molecular weight excluding hydrogens is 124 g/mol. The molecule has 0 aromatic heterocycles. The van der Waals surface area contributed by atoms with Crippen molar-refractivity contribution >= 4 is 12.3 Å². The third-order valence-electron chi connectivity index (χ3n) is 0.688. The van der Waals surface area contributed by atoms with Gasteiger partial charge in [-0.3, -0.25) is 14.8 Å². The molecule has 0 atom stereocenters. The van der Waals surface area contributed by atoms with Crippen LogP contribution in [0, 0.1) is 0 Å². The second-order valence-electron chi connectivity index (χ2n) is 1.40. The number of hydroxylamine groups is 2. The Labute approximate surface area is 52.2 Å². The van der Waals surface area contributed by atoms with E-state index in [4.69, 9.17) is 5.21 Å². The van der Waals surface area contributed by atoms with Gasteiger partial charge in [-0.15, -0.1) is 0 Å². The van der Waals surface area contributed by atoms with Crippen molar-refractivity contribution in [3.8, 4) is 0 Å². The zero-order valence-electron chi connectivity index (χ0n) is 5.00. The minimum Gasteiger partial charge on any atom is -0.339 e. The molecule has 9 heavy (non-hydrogen) atoms. The van der Waals surface area contributed by atoms with Crippen LogP contribution in [0.25, 0.3) is 0 Å². The fraction of sp³-hybridized carbons (Fsp3) is 0.500. The molecule has 0 aliphatic rings. The lowest BCUT2D eigenvalue weighted by Gasteiger charge is -2.09. The van der Waals surface area contributed by atoms with E-state index in [-0.39, 0.29) is 6.67 Å². The molecule has 0 bridgehead atoms. The number of carbonyl (C=O) groups excluding carboxylic acids is 2. The van der Waals surface area contributed by atoms with Gasteiger partial charge in [0, 0.05) is 6.92 Å². The molecule has 2 amide bonds. The van der Waals surface area contributed by atoms with Gasteiger partial charge in [-0.05, 0) is 0 Å². The predicted molar refractivity (Wildman–Crippen MR) is 28.4 cm³/mol. The van der Waals surface area contributed by atoms with Crippen LogP contribution in [0.15, 0.2) is 0 Å². The first-order chi connectivity index (χ1) is 4.18. The van der Waals surface area contributed by atoms with E-state index >= 15 is 0 Å². The summed E-state index contributed by atoms with van der Waals surface area (Å²) >= 11 is 0. The quantitative estimate of drug-likeness (QED) is 0.222. The standard InChI is InChI=1S/C4H8N2O3/c1-4(8)6(9)2-5-3-7/h3,9H,2H2,1H3,(H,5,7). The molecule has 0 aromatic carbocycles. The highest BCUT2D eigenvalue weighted by molar-refractivity contribution is 5.71. The lowest BCUT2D eigenvalue weighted by molar-refractivity contribution is -0.164. The van der Waals surface area contributed by atoms with Crippen LogP contribution in [-0.4, -0.2) is 29.3 Å². The van der Waals surface area contributed by atoms with Crippen molar-refractivity contribution in [3.05, 3.63) is 0 Å². The van der Waals surface area contributed by atoms with Crippen LogP contribution in [0.1, 0.15) is 6.92 Å². The molecule has 5 heteroatoms. The maximum Gasteiger partial charge on any atom is 0.244 e. The van der Waals surface area contributed by atoms with E-state index in [9.17, 15) is 9.59 Å². The van der Waals surface area contributed by atoms with E-state index < -0.39 is 5.91 Å². The monoisotopic (exact) mass is 132 g/mol. The Morgan fingerprint density at radius 3 is 2.78 bits per heavy atom. The van der Waals surface area contributed by atoms with E-state index in [1.807, 2.05) is 0 Å². The summed E-state index contributed by atoms with van der Waals surface area (Å²) in [7, 11) is 0. The molecule has 0 unspecified atom stereocenters. The highest BCUT2D eigenvalue weighted by Crippen LogP contribution is 1.75. The van der Waals surface area contributed by atoms with Gasteiger partial charge in [-0.25, -0.2) is 5.06 Å². The SMILES string of the molecule is CC(=O)N(O)CNC=O. The third kappa shape index (κ3) is 3.48. The molecule has 5 nitrogen and oxygen atoms in total. The molecule has 0 aromatic rings. The number of carbonyl (C=O) groups is 2. The van der Waals surface area contributed by atoms with Crippen LogP contribution in [-0.2, 0) is 9.59 Å². The summed E-state index contributed by atoms with van der Waals surface area (Å²) < 4.78 is 0. The summed E-state index contributed by atoms with van der Waals surface area (Å²) in [5.41, 5.74) is 0. The second kappa shape index (κ2) is 3.85. The molecule has 2 N–H and O–H groups in total. The first-order valence-electron chi connectivity index (χ1n) is 2.32. The summed E-state index contributed by atoms with van der Waals surface area (Å²) in [6.45, 7) is 1.02. The minimum absolute atomic E-state index is 0.168. The molecule has 0 aliphatic carbocycles. The van der Waals surface area contributed by atoms with Crippen molar-refractivity contribution in [1.29, 1.82) is 0 Å². The van der Waals surface area contributed by atoms with Gasteiger partial charge in [0.05, 0.1) is 0 Å². The summed E-state index contributed by atoms with van der Waals surface area (Å²) in [5, 5.41) is 11.0. The molecule has 0 saturated carbocycles. The molecule has 0 saturated heterocycles. The van der Waals surface area contributed by atoms with E-state index in [2.05, 4.69) is 5.32 Å². The Balaban J connectivity index is 3.37. The van der Waals surface area contributed by atoms with E-state index in [0.29, 0.717) is 11.5 Å². The lowest BCUT2D eigenvalue weighted by atomic mass is 10.7. The van der Waals surface area contributed by atoms with E-state index in [1.165, 1.54) is 6.92 Å². The van der Waals surface area contributed by atoms with Gasteiger partial charge in [0.25, 0.3) is 0 Å². The molecule has 0 spiro atoms. The lowest BCUT2D eigenvalue weighted by Crippen LogP contribution is -2.34. The Hall–Kier alpha value is -1.10. The molecule has 0 rings (SSSR count). The Morgan fingerprint density at radius 1 is 1.89 bits per heavy atom. The Kier molecular flexibility index (Phi) is 3.38. The number of hydrogen-bond donors (Lipinski definition) is 2. The first kappa shape index (κ1) is 7.90. The molecular formula is C4H8N2O3. The molecule has 52 valence electrons.